The van der Waals surface area contributed by atoms with Gasteiger partial charge in [0.25, 0.3) is 5.91 Å². The topological polar surface area (TPSA) is 111 Å². The summed E-state index contributed by atoms with van der Waals surface area (Å²) in [4.78, 5) is 36.5. The van der Waals surface area contributed by atoms with Crippen molar-refractivity contribution in [1.82, 2.24) is 0 Å². The van der Waals surface area contributed by atoms with Gasteiger partial charge >= 0.3 is 0 Å². The van der Waals surface area contributed by atoms with Gasteiger partial charge < -0.3 is 24.2 Å². The SMILES string of the molecule is CC(=O)Nc1ccc(NC(=O)COc2c(-c3ccco3)oc3ccc(Cl)cc3c2=O)cc1. The molecule has 162 valence electrons. The molecule has 2 heterocycles. The molecule has 2 N–H and O–H groups in total. The van der Waals surface area contributed by atoms with Crippen molar-refractivity contribution in [2.24, 2.45) is 0 Å². The lowest BCUT2D eigenvalue weighted by molar-refractivity contribution is -0.118. The van der Waals surface area contributed by atoms with E-state index in [-0.39, 0.29) is 28.6 Å². The number of carbonyl (C=O) groups excluding carboxylic acids is 2. The Morgan fingerprint density at radius 3 is 2.41 bits per heavy atom. The van der Waals surface area contributed by atoms with Crippen LogP contribution in [-0.4, -0.2) is 18.4 Å². The summed E-state index contributed by atoms with van der Waals surface area (Å²) in [5.41, 5.74) is 0.924. The van der Waals surface area contributed by atoms with Crippen LogP contribution in [0.4, 0.5) is 11.4 Å². The number of carbonyl (C=O) groups is 2. The standard InChI is InChI=1S/C23H17ClN2O6/c1-13(27)25-15-5-7-16(8-6-15)26-20(28)12-31-23-21(29)17-11-14(24)4-9-18(17)32-22(23)19-3-2-10-30-19/h2-11H,12H2,1H3,(H,25,27)(H,26,28). The number of ether oxygens (including phenoxy) is 1. The summed E-state index contributed by atoms with van der Waals surface area (Å²) >= 11 is 6.01. The highest BCUT2D eigenvalue weighted by molar-refractivity contribution is 6.31. The van der Waals surface area contributed by atoms with Crippen molar-refractivity contribution in [3.8, 4) is 17.3 Å². The van der Waals surface area contributed by atoms with Crippen LogP contribution in [0.15, 0.2) is 74.5 Å². The molecule has 0 radical (unpaired) electrons. The van der Waals surface area contributed by atoms with E-state index in [1.807, 2.05) is 0 Å². The normalized spacial score (nSPS) is 10.7. The van der Waals surface area contributed by atoms with Gasteiger partial charge in [-0.1, -0.05) is 11.6 Å². The summed E-state index contributed by atoms with van der Waals surface area (Å²) in [5, 5.41) is 5.88. The first-order valence-electron chi connectivity index (χ1n) is 9.51. The molecule has 2 amide bonds. The molecule has 0 fully saturated rings. The van der Waals surface area contributed by atoms with Gasteiger partial charge in [-0.2, -0.15) is 0 Å². The molecule has 0 aliphatic heterocycles. The maximum absolute atomic E-state index is 13.0. The average molecular weight is 453 g/mol. The van der Waals surface area contributed by atoms with Crippen LogP contribution in [0.25, 0.3) is 22.5 Å². The molecule has 0 saturated heterocycles. The highest BCUT2D eigenvalue weighted by atomic mass is 35.5. The van der Waals surface area contributed by atoms with Gasteiger partial charge in [0.05, 0.1) is 11.6 Å². The maximum Gasteiger partial charge on any atom is 0.262 e. The van der Waals surface area contributed by atoms with Crippen LogP contribution in [0.5, 0.6) is 5.75 Å². The van der Waals surface area contributed by atoms with Crippen LogP contribution >= 0.6 is 11.6 Å². The van der Waals surface area contributed by atoms with Gasteiger partial charge in [0.1, 0.15) is 5.58 Å². The predicted octanol–water partition coefficient (Wildman–Crippen LogP) is 4.68. The Morgan fingerprint density at radius 2 is 1.75 bits per heavy atom. The van der Waals surface area contributed by atoms with E-state index in [1.54, 1.807) is 48.5 Å². The van der Waals surface area contributed by atoms with Crippen molar-refractivity contribution < 1.29 is 23.2 Å². The summed E-state index contributed by atoms with van der Waals surface area (Å²) in [6, 6.07) is 14.5. The second kappa shape index (κ2) is 8.99. The molecule has 4 aromatic rings. The third-order valence-electron chi connectivity index (χ3n) is 4.39. The van der Waals surface area contributed by atoms with E-state index in [2.05, 4.69) is 10.6 Å². The van der Waals surface area contributed by atoms with Gasteiger partial charge in [-0.05, 0) is 54.6 Å². The first kappa shape index (κ1) is 21.2. The van der Waals surface area contributed by atoms with Crippen molar-refractivity contribution in [3.63, 3.8) is 0 Å². The third kappa shape index (κ3) is 4.65. The lowest BCUT2D eigenvalue weighted by Crippen LogP contribution is -2.22. The van der Waals surface area contributed by atoms with E-state index >= 15 is 0 Å². The van der Waals surface area contributed by atoms with Gasteiger partial charge in [-0.3, -0.25) is 14.4 Å². The number of rotatable bonds is 6. The lowest BCUT2D eigenvalue weighted by Gasteiger charge is -2.11. The van der Waals surface area contributed by atoms with E-state index in [4.69, 9.17) is 25.2 Å². The molecule has 9 heteroatoms. The minimum absolute atomic E-state index is 0.0716. The van der Waals surface area contributed by atoms with Gasteiger partial charge in [0.15, 0.2) is 12.4 Å². The number of hydrogen-bond donors (Lipinski definition) is 2. The van der Waals surface area contributed by atoms with Crippen molar-refractivity contribution >= 4 is 45.8 Å². The number of fused-ring (bicyclic) bond motifs is 1. The van der Waals surface area contributed by atoms with E-state index < -0.39 is 17.9 Å². The highest BCUT2D eigenvalue weighted by Crippen LogP contribution is 2.32. The van der Waals surface area contributed by atoms with E-state index in [0.29, 0.717) is 22.0 Å². The molecule has 0 unspecified atom stereocenters. The smallest absolute Gasteiger partial charge is 0.262 e. The van der Waals surface area contributed by atoms with E-state index in [1.165, 1.54) is 19.3 Å². The average Bonchev–Trinajstić information content (AvgIpc) is 3.29. The molecule has 0 saturated carbocycles. The summed E-state index contributed by atoms with van der Waals surface area (Å²) in [5.74, 6) is -0.498. The molecule has 32 heavy (non-hydrogen) atoms. The Hall–Kier alpha value is -4.04. The second-order valence-electron chi connectivity index (χ2n) is 6.80. The maximum atomic E-state index is 13.0. The van der Waals surface area contributed by atoms with Crippen molar-refractivity contribution in [3.05, 3.63) is 76.1 Å². The van der Waals surface area contributed by atoms with Crippen molar-refractivity contribution in [1.29, 1.82) is 0 Å². The number of amides is 2. The third-order valence-corrected chi connectivity index (χ3v) is 4.63. The largest absolute Gasteiger partial charge is 0.476 e. The second-order valence-corrected chi connectivity index (χ2v) is 7.24. The number of nitrogens with one attached hydrogen (secondary N) is 2. The van der Waals surface area contributed by atoms with E-state index in [9.17, 15) is 14.4 Å². The molecular weight excluding hydrogens is 436 g/mol. The summed E-state index contributed by atoms with van der Waals surface area (Å²) < 4.78 is 16.8. The molecule has 4 rings (SSSR count). The van der Waals surface area contributed by atoms with Crippen molar-refractivity contribution in [2.75, 3.05) is 17.2 Å². The van der Waals surface area contributed by atoms with Crippen LogP contribution in [0.3, 0.4) is 0 Å². The van der Waals surface area contributed by atoms with Crippen LogP contribution in [0, 0.1) is 0 Å². The zero-order valence-electron chi connectivity index (χ0n) is 16.8. The minimum atomic E-state index is -0.492. The Labute approximate surface area is 186 Å². The van der Waals surface area contributed by atoms with Crippen LogP contribution in [0.1, 0.15) is 6.92 Å². The van der Waals surface area contributed by atoms with Crippen molar-refractivity contribution in [2.45, 2.75) is 6.92 Å². The summed E-state index contributed by atoms with van der Waals surface area (Å²) in [7, 11) is 0. The molecule has 0 bridgehead atoms. The Bertz CT molecular complexity index is 1340. The molecule has 2 aromatic heterocycles. The monoisotopic (exact) mass is 452 g/mol. The number of furan rings is 1. The predicted molar refractivity (Wildman–Crippen MR) is 120 cm³/mol. The zero-order chi connectivity index (χ0) is 22.7. The molecular formula is C23H17ClN2O6. The fraction of sp³-hybridized carbons (Fsp3) is 0.0870. The molecule has 0 aliphatic rings. The Balaban J connectivity index is 1.56. The molecule has 0 aliphatic carbocycles. The van der Waals surface area contributed by atoms with Crippen LogP contribution in [-0.2, 0) is 9.59 Å². The molecule has 2 aromatic carbocycles. The Morgan fingerprint density at radius 1 is 1.03 bits per heavy atom. The van der Waals surface area contributed by atoms with Crippen LogP contribution in [0.2, 0.25) is 5.02 Å². The summed E-state index contributed by atoms with van der Waals surface area (Å²) in [6.07, 6.45) is 1.43. The molecule has 0 spiro atoms. The first-order valence-corrected chi connectivity index (χ1v) is 9.89. The number of benzene rings is 2. The number of halogens is 1. The van der Waals surface area contributed by atoms with Gasteiger partial charge in [-0.25, -0.2) is 0 Å². The molecule has 0 atom stereocenters. The fourth-order valence-electron chi connectivity index (χ4n) is 3.03. The highest BCUT2D eigenvalue weighted by Gasteiger charge is 2.21. The number of anilines is 2. The quantitative estimate of drug-likeness (QED) is 0.439. The number of hydrogen-bond acceptors (Lipinski definition) is 6. The van der Waals surface area contributed by atoms with Gasteiger partial charge in [-0.15, -0.1) is 0 Å². The van der Waals surface area contributed by atoms with E-state index in [0.717, 1.165) is 0 Å². The zero-order valence-corrected chi connectivity index (χ0v) is 17.6. The Kier molecular flexibility index (Phi) is 5.96. The summed E-state index contributed by atoms with van der Waals surface area (Å²) in [6.45, 7) is 0.958. The van der Waals surface area contributed by atoms with Crippen LogP contribution < -0.4 is 20.8 Å². The first-order chi connectivity index (χ1) is 15.4. The van der Waals surface area contributed by atoms with Gasteiger partial charge in [0, 0.05) is 23.3 Å². The van der Waals surface area contributed by atoms with Gasteiger partial charge in [0.2, 0.25) is 22.8 Å². The fourth-order valence-corrected chi connectivity index (χ4v) is 3.20. The molecule has 8 nitrogen and oxygen atoms in total. The lowest BCUT2D eigenvalue weighted by atomic mass is 10.2. The minimum Gasteiger partial charge on any atom is -0.476 e.